The molecule has 6 nitrogen and oxygen atoms in total. The molecule has 0 spiro atoms. The van der Waals surface area contributed by atoms with E-state index in [1.807, 2.05) is 44.4 Å². The zero-order chi connectivity index (χ0) is 15.2. The smallest absolute Gasteiger partial charge is 0.378 e. The second kappa shape index (κ2) is 6.99. The first-order valence-electron chi connectivity index (χ1n) is 6.95. The van der Waals surface area contributed by atoms with E-state index in [9.17, 15) is 4.79 Å². The molecule has 0 amide bonds. The molecule has 2 aromatic rings. The number of benzene rings is 1. The van der Waals surface area contributed by atoms with E-state index in [0.717, 1.165) is 18.1 Å². The van der Waals surface area contributed by atoms with Gasteiger partial charge in [0.15, 0.2) is 0 Å². The molecule has 0 aliphatic heterocycles. The van der Waals surface area contributed by atoms with Gasteiger partial charge in [0.25, 0.3) is 5.82 Å². The summed E-state index contributed by atoms with van der Waals surface area (Å²) in [6, 6.07) is 9.66. The van der Waals surface area contributed by atoms with Gasteiger partial charge in [-0.05, 0) is 33.2 Å². The summed E-state index contributed by atoms with van der Waals surface area (Å²) in [5.74, 6) is 0.366. The topological polar surface area (TPSA) is 60.2 Å². The van der Waals surface area contributed by atoms with Crippen molar-refractivity contribution >= 4 is 5.97 Å². The van der Waals surface area contributed by atoms with Crippen LogP contribution in [0.2, 0.25) is 0 Å². The zero-order valence-electron chi connectivity index (χ0n) is 12.6. The number of nitrogens with zero attached hydrogens (tertiary/aromatic N) is 4. The van der Waals surface area contributed by atoms with Crippen molar-refractivity contribution in [2.45, 2.75) is 13.3 Å². The van der Waals surface area contributed by atoms with Crippen molar-refractivity contribution in [2.24, 2.45) is 0 Å². The molecule has 1 heterocycles. The van der Waals surface area contributed by atoms with Gasteiger partial charge in [-0.3, -0.25) is 0 Å². The molecular weight excluding hydrogens is 268 g/mol. The maximum absolute atomic E-state index is 11.8. The Morgan fingerprint density at radius 2 is 2.00 bits per heavy atom. The van der Waals surface area contributed by atoms with Crippen LogP contribution in [0.5, 0.6) is 0 Å². The molecule has 0 N–H and O–H groups in total. The SMILES string of the molecule is CCOC(=O)c1nc(CCN(C)C)n(-c2ccccc2)n1. The molecule has 2 rings (SSSR count). The summed E-state index contributed by atoms with van der Waals surface area (Å²) < 4.78 is 6.67. The molecule has 1 aromatic carbocycles. The molecule has 0 unspecified atom stereocenters. The fourth-order valence-corrected chi connectivity index (χ4v) is 1.89. The van der Waals surface area contributed by atoms with Crippen LogP contribution in [0.25, 0.3) is 5.69 Å². The van der Waals surface area contributed by atoms with Crippen LogP contribution in [0.3, 0.4) is 0 Å². The Labute approximate surface area is 124 Å². The summed E-state index contributed by atoms with van der Waals surface area (Å²) in [7, 11) is 3.99. The van der Waals surface area contributed by atoms with Crippen LogP contribution in [0, 0.1) is 0 Å². The number of hydrogen-bond acceptors (Lipinski definition) is 5. The fraction of sp³-hybridized carbons (Fsp3) is 0.400. The molecule has 0 saturated heterocycles. The van der Waals surface area contributed by atoms with Crippen LogP contribution < -0.4 is 0 Å². The fourth-order valence-electron chi connectivity index (χ4n) is 1.89. The highest BCUT2D eigenvalue weighted by molar-refractivity contribution is 5.85. The number of hydrogen-bond donors (Lipinski definition) is 0. The minimum atomic E-state index is -0.488. The van der Waals surface area contributed by atoms with Crippen LogP contribution >= 0.6 is 0 Å². The molecule has 0 fully saturated rings. The summed E-state index contributed by atoms with van der Waals surface area (Å²) in [6.07, 6.45) is 0.703. The number of carbonyl (C=O) groups excluding carboxylic acids is 1. The van der Waals surface area contributed by atoms with Crippen molar-refractivity contribution < 1.29 is 9.53 Å². The number of esters is 1. The number of ether oxygens (including phenoxy) is 1. The van der Waals surface area contributed by atoms with Crippen LogP contribution in [0.15, 0.2) is 30.3 Å². The van der Waals surface area contributed by atoms with E-state index in [0.29, 0.717) is 13.0 Å². The molecule has 0 radical (unpaired) electrons. The van der Waals surface area contributed by atoms with E-state index < -0.39 is 5.97 Å². The lowest BCUT2D eigenvalue weighted by molar-refractivity contribution is 0.0512. The highest BCUT2D eigenvalue weighted by Crippen LogP contribution is 2.11. The first-order chi connectivity index (χ1) is 10.1. The van der Waals surface area contributed by atoms with Gasteiger partial charge >= 0.3 is 5.97 Å². The predicted octanol–water partition coefficient (Wildman–Crippen LogP) is 1.55. The van der Waals surface area contributed by atoms with E-state index in [2.05, 4.69) is 15.0 Å². The van der Waals surface area contributed by atoms with Gasteiger partial charge < -0.3 is 9.64 Å². The molecule has 0 aliphatic rings. The Bertz CT molecular complexity index is 593. The van der Waals surface area contributed by atoms with E-state index in [-0.39, 0.29) is 5.82 Å². The third-order valence-electron chi connectivity index (χ3n) is 2.92. The van der Waals surface area contributed by atoms with Crippen molar-refractivity contribution in [1.82, 2.24) is 19.7 Å². The Morgan fingerprint density at radius 3 is 2.62 bits per heavy atom. The summed E-state index contributed by atoms with van der Waals surface area (Å²) in [5.41, 5.74) is 0.884. The summed E-state index contributed by atoms with van der Waals surface area (Å²) in [4.78, 5) is 18.2. The molecule has 0 aliphatic carbocycles. The maximum Gasteiger partial charge on any atom is 0.378 e. The van der Waals surface area contributed by atoms with Gasteiger partial charge in [-0.1, -0.05) is 18.2 Å². The molecule has 112 valence electrons. The Hall–Kier alpha value is -2.21. The first kappa shape index (κ1) is 15.2. The minimum Gasteiger partial charge on any atom is -0.460 e. The van der Waals surface area contributed by atoms with Gasteiger partial charge in [0, 0.05) is 13.0 Å². The van der Waals surface area contributed by atoms with E-state index >= 15 is 0 Å². The summed E-state index contributed by atoms with van der Waals surface area (Å²) >= 11 is 0. The second-order valence-corrected chi connectivity index (χ2v) is 4.87. The zero-order valence-corrected chi connectivity index (χ0v) is 12.6. The molecule has 21 heavy (non-hydrogen) atoms. The number of carbonyl (C=O) groups is 1. The number of rotatable bonds is 6. The summed E-state index contributed by atoms with van der Waals surface area (Å²) in [5, 5.41) is 4.29. The molecule has 0 saturated carbocycles. The third kappa shape index (κ3) is 3.88. The third-order valence-corrected chi connectivity index (χ3v) is 2.92. The van der Waals surface area contributed by atoms with Crippen LogP contribution in [0.1, 0.15) is 23.4 Å². The van der Waals surface area contributed by atoms with Crippen LogP contribution in [0.4, 0.5) is 0 Å². The van der Waals surface area contributed by atoms with E-state index in [1.165, 1.54) is 0 Å². The van der Waals surface area contributed by atoms with Gasteiger partial charge in [0.2, 0.25) is 0 Å². The summed E-state index contributed by atoms with van der Waals surface area (Å²) in [6.45, 7) is 2.90. The maximum atomic E-state index is 11.8. The first-order valence-corrected chi connectivity index (χ1v) is 6.95. The van der Waals surface area contributed by atoms with Crippen molar-refractivity contribution in [3.63, 3.8) is 0 Å². The number of aromatic nitrogens is 3. The van der Waals surface area contributed by atoms with Gasteiger partial charge in [-0.25, -0.2) is 14.5 Å². The lowest BCUT2D eigenvalue weighted by Gasteiger charge is -2.09. The Morgan fingerprint density at radius 1 is 1.29 bits per heavy atom. The molecule has 0 bridgehead atoms. The van der Waals surface area contributed by atoms with Crippen molar-refractivity contribution in [3.05, 3.63) is 42.0 Å². The minimum absolute atomic E-state index is 0.106. The lowest BCUT2D eigenvalue weighted by Crippen LogP contribution is -2.17. The van der Waals surface area contributed by atoms with Gasteiger partial charge in [-0.15, -0.1) is 5.10 Å². The average molecular weight is 288 g/mol. The van der Waals surface area contributed by atoms with Crippen molar-refractivity contribution in [2.75, 3.05) is 27.2 Å². The predicted molar refractivity (Wildman–Crippen MR) is 79.6 cm³/mol. The quantitative estimate of drug-likeness (QED) is 0.755. The number of para-hydroxylation sites is 1. The Balaban J connectivity index is 2.34. The Kier molecular flexibility index (Phi) is 5.05. The normalized spacial score (nSPS) is 10.9. The molecular formula is C15H20N4O2. The molecule has 1 aromatic heterocycles. The van der Waals surface area contributed by atoms with E-state index in [4.69, 9.17) is 4.74 Å². The number of likely N-dealkylation sites (N-methyl/N-ethyl adjacent to an activating group) is 1. The largest absolute Gasteiger partial charge is 0.460 e. The average Bonchev–Trinajstić information content (AvgIpc) is 2.90. The highest BCUT2D eigenvalue weighted by atomic mass is 16.5. The van der Waals surface area contributed by atoms with Crippen molar-refractivity contribution in [3.8, 4) is 5.69 Å². The molecule has 0 atom stereocenters. The van der Waals surface area contributed by atoms with Gasteiger partial charge in [0.05, 0.1) is 12.3 Å². The standard InChI is InChI=1S/C15H20N4O2/c1-4-21-15(20)14-16-13(10-11-18(2)3)19(17-14)12-8-6-5-7-9-12/h5-9H,4,10-11H2,1-3H3. The highest BCUT2D eigenvalue weighted by Gasteiger charge is 2.18. The molecule has 6 heteroatoms. The van der Waals surface area contributed by atoms with Crippen LogP contribution in [-0.4, -0.2) is 52.9 Å². The second-order valence-electron chi connectivity index (χ2n) is 4.87. The van der Waals surface area contributed by atoms with Gasteiger partial charge in [-0.2, -0.15) is 0 Å². The van der Waals surface area contributed by atoms with E-state index in [1.54, 1.807) is 11.6 Å². The lowest BCUT2D eigenvalue weighted by atomic mass is 10.3. The van der Waals surface area contributed by atoms with Crippen LogP contribution in [-0.2, 0) is 11.2 Å². The monoisotopic (exact) mass is 288 g/mol. The van der Waals surface area contributed by atoms with Gasteiger partial charge in [0.1, 0.15) is 5.82 Å². The van der Waals surface area contributed by atoms with Crippen molar-refractivity contribution in [1.29, 1.82) is 0 Å².